The molecule has 1 atom stereocenters. The summed E-state index contributed by atoms with van der Waals surface area (Å²) in [5.41, 5.74) is 3.51. The Morgan fingerprint density at radius 1 is 1.18 bits per heavy atom. The van der Waals surface area contributed by atoms with E-state index in [-0.39, 0.29) is 11.8 Å². The van der Waals surface area contributed by atoms with E-state index in [0.29, 0.717) is 19.6 Å². The largest absolute Gasteiger partial charge is 0.493 e. The highest BCUT2D eigenvalue weighted by Gasteiger charge is 2.23. The van der Waals surface area contributed by atoms with Gasteiger partial charge in [-0.2, -0.15) is 0 Å². The van der Waals surface area contributed by atoms with E-state index in [2.05, 4.69) is 42.6 Å². The van der Waals surface area contributed by atoms with Gasteiger partial charge < -0.3 is 10.1 Å². The lowest BCUT2D eigenvalue weighted by Crippen LogP contribution is -2.26. The van der Waals surface area contributed by atoms with Crippen molar-refractivity contribution in [3.05, 3.63) is 65.2 Å². The molecular weight excluding hydrogens is 274 g/mol. The summed E-state index contributed by atoms with van der Waals surface area (Å²) in [6.07, 6.45) is 1.42. The average molecular weight is 295 g/mol. The van der Waals surface area contributed by atoms with Crippen LogP contribution in [-0.2, 0) is 11.3 Å². The van der Waals surface area contributed by atoms with Crippen LogP contribution in [0.15, 0.2) is 48.5 Å². The molecule has 1 N–H and O–H groups in total. The van der Waals surface area contributed by atoms with Gasteiger partial charge in [-0.25, -0.2) is 0 Å². The quantitative estimate of drug-likeness (QED) is 0.936. The van der Waals surface area contributed by atoms with Crippen LogP contribution in [0.2, 0.25) is 0 Å². The smallest absolute Gasteiger partial charge is 0.220 e. The lowest BCUT2D eigenvalue weighted by Gasteiger charge is -2.25. The first-order valence-electron chi connectivity index (χ1n) is 7.76. The maximum Gasteiger partial charge on any atom is 0.220 e. The highest BCUT2D eigenvalue weighted by atomic mass is 16.5. The lowest BCUT2D eigenvalue weighted by atomic mass is 9.90. The van der Waals surface area contributed by atoms with E-state index < -0.39 is 0 Å². The molecule has 3 rings (SSSR count). The number of carbonyl (C=O) groups is 1. The number of aryl methyl sites for hydroxylation is 1. The van der Waals surface area contributed by atoms with E-state index in [1.165, 1.54) is 5.56 Å². The first-order chi connectivity index (χ1) is 10.7. The normalized spacial score (nSPS) is 16.5. The molecule has 1 amide bonds. The summed E-state index contributed by atoms with van der Waals surface area (Å²) >= 11 is 0. The minimum Gasteiger partial charge on any atom is -0.493 e. The van der Waals surface area contributed by atoms with Gasteiger partial charge in [-0.05, 0) is 36.5 Å². The average Bonchev–Trinajstić information content (AvgIpc) is 2.55. The topological polar surface area (TPSA) is 38.3 Å². The maximum atomic E-state index is 12.2. The van der Waals surface area contributed by atoms with Crippen LogP contribution in [0.5, 0.6) is 5.75 Å². The van der Waals surface area contributed by atoms with Gasteiger partial charge in [0.25, 0.3) is 0 Å². The molecule has 0 saturated carbocycles. The Hall–Kier alpha value is -2.29. The highest BCUT2D eigenvalue weighted by Crippen LogP contribution is 2.35. The predicted molar refractivity (Wildman–Crippen MR) is 86.9 cm³/mol. The molecule has 1 heterocycles. The lowest BCUT2D eigenvalue weighted by molar-refractivity contribution is -0.121. The van der Waals surface area contributed by atoms with Crippen molar-refractivity contribution in [2.75, 3.05) is 6.61 Å². The van der Waals surface area contributed by atoms with E-state index in [9.17, 15) is 4.79 Å². The van der Waals surface area contributed by atoms with Gasteiger partial charge >= 0.3 is 0 Å². The number of ether oxygens (including phenoxy) is 1. The molecule has 0 radical (unpaired) electrons. The number of hydrogen-bond donors (Lipinski definition) is 1. The van der Waals surface area contributed by atoms with Crippen molar-refractivity contribution < 1.29 is 9.53 Å². The number of nitrogens with one attached hydrogen (secondary N) is 1. The minimum absolute atomic E-state index is 0.0993. The first kappa shape index (κ1) is 14.6. The number of amides is 1. The SMILES string of the molecule is Cc1ccc(CNC(=O)CC2CCOc3ccccc32)cc1. The number of fused-ring (bicyclic) bond motifs is 1. The molecule has 1 aliphatic rings. The molecule has 0 bridgehead atoms. The summed E-state index contributed by atoms with van der Waals surface area (Å²) < 4.78 is 5.64. The summed E-state index contributed by atoms with van der Waals surface area (Å²) in [5, 5.41) is 3.02. The van der Waals surface area contributed by atoms with Crippen molar-refractivity contribution in [2.45, 2.75) is 32.2 Å². The Labute approximate surface area is 131 Å². The van der Waals surface area contributed by atoms with Crippen molar-refractivity contribution in [1.82, 2.24) is 5.32 Å². The molecule has 0 fully saturated rings. The monoisotopic (exact) mass is 295 g/mol. The number of carbonyl (C=O) groups excluding carboxylic acids is 1. The second-order valence-corrected chi connectivity index (χ2v) is 5.84. The third-order valence-electron chi connectivity index (χ3n) is 4.12. The van der Waals surface area contributed by atoms with Crippen molar-refractivity contribution in [1.29, 1.82) is 0 Å². The van der Waals surface area contributed by atoms with E-state index >= 15 is 0 Å². The summed E-state index contributed by atoms with van der Waals surface area (Å²) in [6.45, 7) is 3.34. The number of rotatable bonds is 4. The van der Waals surface area contributed by atoms with Crippen molar-refractivity contribution in [3.63, 3.8) is 0 Å². The fraction of sp³-hybridized carbons (Fsp3) is 0.316. The highest BCUT2D eigenvalue weighted by molar-refractivity contribution is 5.77. The van der Waals surface area contributed by atoms with Crippen molar-refractivity contribution in [3.8, 4) is 5.75 Å². The van der Waals surface area contributed by atoms with E-state index in [1.54, 1.807) is 0 Å². The molecule has 22 heavy (non-hydrogen) atoms. The van der Waals surface area contributed by atoms with Crippen molar-refractivity contribution >= 4 is 5.91 Å². The second kappa shape index (κ2) is 6.65. The van der Waals surface area contributed by atoms with Crippen LogP contribution in [0.25, 0.3) is 0 Å². The molecule has 114 valence electrons. The van der Waals surface area contributed by atoms with Gasteiger partial charge in [-0.1, -0.05) is 48.0 Å². The van der Waals surface area contributed by atoms with Crippen molar-refractivity contribution in [2.24, 2.45) is 0 Å². The Morgan fingerprint density at radius 3 is 2.77 bits per heavy atom. The van der Waals surface area contributed by atoms with Crippen LogP contribution in [0, 0.1) is 6.92 Å². The van der Waals surface area contributed by atoms with Crippen LogP contribution >= 0.6 is 0 Å². The third kappa shape index (κ3) is 3.48. The maximum absolute atomic E-state index is 12.2. The van der Waals surface area contributed by atoms with E-state index in [0.717, 1.165) is 23.3 Å². The predicted octanol–water partition coefficient (Wildman–Crippen LogP) is 3.57. The van der Waals surface area contributed by atoms with Crippen LogP contribution < -0.4 is 10.1 Å². The second-order valence-electron chi connectivity index (χ2n) is 5.84. The van der Waals surface area contributed by atoms with Gasteiger partial charge in [0.15, 0.2) is 0 Å². The van der Waals surface area contributed by atoms with Crippen LogP contribution in [0.4, 0.5) is 0 Å². The molecule has 2 aromatic rings. The van der Waals surface area contributed by atoms with E-state index in [4.69, 9.17) is 4.74 Å². The molecule has 1 aliphatic heterocycles. The number of hydrogen-bond acceptors (Lipinski definition) is 2. The molecule has 1 unspecified atom stereocenters. The summed E-state index contributed by atoms with van der Waals surface area (Å²) in [7, 11) is 0. The minimum atomic E-state index is 0.0993. The number of para-hydroxylation sites is 1. The zero-order valence-corrected chi connectivity index (χ0v) is 12.8. The van der Waals surface area contributed by atoms with E-state index in [1.807, 2.05) is 18.2 Å². The van der Waals surface area contributed by atoms with Crippen LogP contribution in [0.1, 0.15) is 35.4 Å². The van der Waals surface area contributed by atoms with Gasteiger partial charge in [0.2, 0.25) is 5.91 Å². The Morgan fingerprint density at radius 2 is 1.95 bits per heavy atom. The summed E-state index contributed by atoms with van der Waals surface area (Å²) in [5.74, 6) is 1.27. The molecule has 0 aromatic heterocycles. The Balaban J connectivity index is 1.57. The van der Waals surface area contributed by atoms with Gasteiger partial charge in [-0.3, -0.25) is 4.79 Å². The zero-order chi connectivity index (χ0) is 15.4. The van der Waals surface area contributed by atoms with Gasteiger partial charge in [0.1, 0.15) is 5.75 Å². The Bertz CT molecular complexity index is 649. The van der Waals surface area contributed by atoms with Gasteiger partial charge in [0.05, 0.1) is 6.61 Å². The van der Waals surface area contributed by atoms with Crippen LogP contribution in [-0.4, -0.2) is 12.5 Å². The van der Waals surface area contributed by atoms with Gasteiger partial charge in [-0.15, -0.1) is 0 Å². The molecule has 0 spiro atoms. The molecule has 3 heteroatoms. The third-order valence-corrected chi connectivity index (χ3v) is 4.12. The van der Waals surface area contributed by atoms with Gasteiger partial charge in [0, 0.05) is 13.0 Å². The first-order valence-corrected chi connectivity index (χ1v) is 7.76. The molecule has 0 saturated heterocycles. The standard InChI is InChI=1S/C19H21NO2/c1-14-6-8-15(9-7-14)13-20-19(21)12-16-10-11-22-18-5-3-2-4-17(16)18/h2-9,16H,10-13H2,1H3,(H,20,21). The fourth-order valence-electron chi connectivity index (χ4n) is 2.83. The van der Waals surface area contributed by atoms with Crippen LogP contribution in [0.3, 0.4) is 0 Å². The molecule has 2 aromatic carbocycles. The number of benzene rings is 2. The molecule has 0 aliphatic carbocycles. The Kier molecular flexibility index (Phi) is 4.42. The summed E-state index contributed by atoms with van der Waals surface area (Å²) in [6, 6.07) is 16.3. The summed E-state index contributed by atoms with van der Waals surface area (Å²) in [4.78, 5) is 12.2. The molecule has 3 nitrogen and oxygen atoms in total. The fourth-order valence-corrected chi connectivity index (χ4v) is 2.83. The molecular formula is C19H21NO2. The zero-order valence-electron chi connectivity index (χ0n) is 12.8.